The molecule has 4 N–H and O–H groups in total. The molecule has 1 aromatic heterocycles. The van der Waals surface area contributed by atoms with Gasteiger partial charge in [0.25, 0.3) is 20.2 Å². The monoisotopic (exact) mass is 621 g/mol. The van der Waals surface area contributed by atoms with Gasteiger partial charge in [-0.05, 0) is 43.2 Å². The molecule has 0 spiro atoms. The van der Waals surface area contributed by atoms with Crippen LogP contribution in [0.15, 0.2) is 51.1 Å². The third-order valence-corrected chi connectivity index (χ3v) is 8.65. The number of hydrogen-bond acceptors (Lipinski definition) is 10. The van der Waals surface area contributed by atoms with Crippen LogP contribution in [0.1, 0.15) is 30.6 Å². The molecule has 0 saturated heterocycles. The van der Waals surface area contributed by atoms with Crippen molar-refractivity contribution in [3.8, 4) is 0 Å². The van der Waals surface area contributed by atoms with Crippen LogP contribution in [0.2, 0.25) is 0 Å². The molecule has 18 heteroatoms. The molecule has 0 saturated carbocycles. The van der Waals surface area contributed by atoms with Crippen molar-refractivity contribution in [1.82, 2.24) is 19.7 Å². The highest BCUT2D eigenvalue weighted by atomic mass is 32.2. The zero-order valence-corrected chi connectivity index (χ0v) is 23.8. The van der Waals surface area contributed by atoms with Gasteiger partial charge < -0.3 is 5.32 Å². The Balaban J connectivity index is 1.82. The molecule has 0 aliphatic heterocycles. The fourth-order valence-corrected chi connectivity index (χ4v) is 5.89. The van der Waals surface area contributed by atoms with Gasteiger partial charge in [-0.3, -0.25) is 18.8 Å². The Morgan fingerprint density at radius 3 is 2.10 bits per heavy atom. The summed E-state index contributed by atoms with van der Waals surface area (Å²) < 4.78 is 93.5. The predicted molar refractivity (Wildman–Crippen MR) is 145 cm³/mol. The number of aromatic nitrogens is 3. The normalized spacial score (nSPS) is 11.9. The average Bonchev–Trinajstić information content (AvgIpc) is 2.89. The van der Waals surface area contributed by atoms with Crippen molar-refractivity contribution >= 4 is 47.6 Å². The van der Waals surface area contributed by atoms with Gasteiger partial charge in [0.1, 0.15) is 11.6 Å². The van der Waals surface area contributed by atoms with Crippen LogP contribution in [-0.4, -0.2) is 62.4 Å². The second kappa shape index (κ2) is 12.6. The largest absolute Gasteiger partial charge is 0.354 e. The third-order valence-electron chi connectivity index (χ3n) is 5.39. The molecule has 0 unspecified atom stereocenters. The van der Waals surface area contributed by atoms with Crippen molar-refractivity contribution in [1.29, 1.82) is 0 Å². The first kappa shape index (κ1) is 31.5. The highest BCUT2D eigenvalue weighted by Crippen LogP contribution is 2.30. The third kappa shape index (κ3) is 8.24. The first-order valence-corrected chi connectivity index (χ1v) is 16.0. The maximum Gasteiger partial charge on any atom is 0.294 e. The van der Waals surface area contributed by atoms with E-state index in [0.717, 1.165) is 24.3 Å². The van der Waals surface area contributed by atoms with Gasteiger partial charge in [0.2, 0.25) is 16.0 Å². The highest BCUT2D eigenvalue weighted by Gasteiger charge is 2.21. The Morgan fingerprint density at radius 1 is 0.829 bits per heavy atom. The zero-order valence-electron chi connectivity index (χ0n) is 21.3. The van der Waals surface area contributed by atoms with Gasteiger partial charge in [0, 0.05) is 25.9 Å². The Kier molecular flexibility index (Phi) is 9.71. The van der Waals surface area contributed by atoms with E-state index in [1.165, 1.54) is 12.1 Å². The minimum absolute atomic E-state index is 0.00971. The number of nitrogens with zero attached hydrogens (tertiary/aromatic N) is 5. The van der Waals surface area contributed by atoms with E-state index in [-0.39, 0.29) is 65.2 Å². The lowest BCUT2D eigenvalue weighted by Gasteiger charge is -2.11. The van der Waals surface area contributed by atoms with E-state index in [4.69, 9.17) is 13.1 Å². The Bertz CT molecular complexity index is 1880. The van der Waals surface area contributed by atoms with Crippen molar-refractivity contribution in [2.24, 2.45) is 0 Å². The molecule has 0 aliphatic rings. The molecule has 3 aromatic rings. The van der Waals surface area contributed by atoms with Crippen LogP contribution in [0.5, 0.6) is 0 Å². The molecule has 0 radical (unpaired) electrons. The summed E-state index contributed by atoms with van der Waals surface area (Å²) in [6.07, 6.45) is 0.0121. The Morgan fingerprint density at radius 2 is 1.49 bits per heavy atom. The second-order valence-electron chi connectivity index (χ2n) is 8.29. The summed E-state index contributed by atoms with van der Waals surface area (Å²) in [6, 6.07) is 6.14. The second-order valence-corrected chi connectivity index (χ2v) is 12.9. The molecule has 41 heavy (non-hydrogen) atoms. The average molecular weight is 622 g/mol. The van der Waals surface area contributed by atoms with E-state index in [2.05, 4.69) is 34.7 Å². The molecule has 0 fully saturated rings. The molecular formula is C23H23N7O8S3. The van der Waals surface area contributed by atoms with Gasteiger partial charge in [0.05, 0.1) is 27.8 Å². The molecule has 2 aromatic carbocycles. The fraction of sp³-hybridized carbons (Fsp3) is 0.261. The summed E-state index contributed by atoms with van der Waals surface area (Å²) in [5, 5.41) is 2.89. The molecule has 3 rings (SSSR count). The first-order chi connectivity index (χ1) is 19.2. The lowest BCUT2D eigenvalue weighted by atomic mass is 10.1. The standard InChI is InChI=1S/C23H23N7O8S3/c1-4-26-23-29-21(6-5-11-27-39(31,32)16-7-9-18(24-2)19(14-16)25-3)28-22(30-23)13-15-12-17(40(33,34)35)8-10-20(15)41(36,37)38/h7-10,12,14,27H,4-6,11,13H2,1H3,(H,33,34,35)(H,36,37,38)(H,26,28,29,30). The topological polar surface area (TPSA) is 214 Å². The van der Waals surface area contributed by atoms with Gasteiger partial charge in [-0.1, -0.05) is 12.1 Å². The van der Waals surface area contributed by atoms with Crippen molar-refractivity contribution in [2.75, 3.05) is 18.4 Å². The van der Waals surface area contributed by atoms with Crippen LogP contribution < -0.4 is 10.0 Å². The number of sulfonamides is 1. The summed E-state index contributed by atoms with van der Waals surface area (Å²) in [6.45, 7) is 16.3. The van der Waals surface area contributed by atoms with Crippen molar-refractivity contribution < 1.29 is 34.4 Å². The molecule has 0 bridgehead atoms. The minimum atomic E-state index is -4.77. The summed E-state index contributed by atoms with van der Waals surface area (Å²) in [7, 11) is -13.4. The van der Waals surface area contributed by atoms with Crippen LogP contribution in [0.3, 0.4) is 0 Å². The van der Waals surface area contributed by atoms with E-state index < -0.39 is 40.1 Å². The lowest BCUT2D eigenvalue weighted by molar-refractivity contribution is 0.477. The molecule has 1 heterocycles. The molecule has 15 nitrogen and oxygen atoms in total. The van der Waals surface area contributed by atoms with Gasteiger partial charge in [0.15, 0.2) is 11.4 Å². The van der Waals surface area contributed by atoms with E-state index >= 15 is 0 Å². The maximum absolute atomic E-state index is 12.6. The summed E-state index contributed by atoms with van der Waals surface area (Å²) >= 11 is 0. The predicted octanol–water partition coefficient (Wildman–Crippen LogP) is 2.40. The fourth-order valence-electron chi connectivity index (χ4n) is 3.56. The van der Waals surface area contributed by atoms with Gasteiger partial charge in [-0.15, -0.1) is 0 Å². The van der Waals surface area contributed by atoms with Crippen LogP contribution in [0, 0.1) is 13.1 Å². The first-order valence-electron chi connectivity index (χ1n) is 11.6. The van der Waals surface area contributed by atoms with Crippen molar-refractivity contribution in [3.63, 3.8) is 0 Å². The number of aryl methyl sites for hydroxylation is 1. The SMILES string of the molecule is [C-]#[N+]c1ccc(S(=O)(=O)NCCCc2nc(Cc3cc(S(=O)(=O)O)ccc3S(=O)(=O)O)nc(NCC)n2)cc1[N+]#[C-]. The Labute approximate surface area is 236 Å². The van der Waals surface area contributed by atoms with Crippen LogP contribution in [0.25, 0.3) is 9.69 Å². The van der Waals surface area contributed by atoms with Crippen LogP contribution in [-0.2, 0) is 43.1 Å². The van der Waals surface area contributed by atoms with Crippen molar-refractivity contribution in [3.05, 3.63) is 76.4 Å². The van der Waals surface area contributed by atoms with E-state index in [0.29, 0.717) is 6.54 Å². The highest BCUT2D eigenvalue weighted by molar-refractivity contribution is 7.89. The molecular weight excluding hydrogens is 598 g/mol. The number of anilines is 1. The number of benzene rings is 2. The molecule has 0 atom stereocenters. The smallest absolute Gasteiger partial charge is 0.294 e. The lowest BCUT2D eigenvalue weighted by Crippen LogP contribution is -2.25. The van der Waals surface area contributed by atoms with E-state index in [9.17, 15) is 34.4 Å². The van der Waals surface area contributed by atoms with Gasteiger partial charge in [-0.2, -0.15) is 26.8 Å². The van der Waals surface area contributed by atoms with E-state index in [1.54, 1.807) is 6.92 Å². The maximum atomic E-state index is 12.6. The number of nitrogens with one attached hydrogen (secondary N) is 2. The van der Waals surface area contributed by atoms with E-state index in [1.807, 2.05) is 0 Å². The van der Waals surface area contributed by atoms with Gasteiger partial charge >= 0.3 is 0 Å². The van der Waals surface area contributed by atoms with Crippen LogP contribution >= 0.6 is 0 Å². The summed E-state index contributed by atoms with van der Waals surface area (Å²) in [5.74, 6) is 0.343. The Hall–Kier alpha value is -4.04. The zero-order chi connectivity index (χ0) is 30.4. The number of rotatable bonds is 12. The van der Waals surface area contributed by atoms with Gasteiger partial charge in [-0.25, -0.2) is 18.1 Å². The molecule has 216 valence electrons. The summed E-state index contributed by atoms with van der Waals surface area (Å²) in [4.78, 5) is 17.7. The molecule has 0 amide bonds. The van der Waals surface area contributed by atoms with Crippen molar-refractivity contribution in [2.45, 2.75) is 40.9 Å². The quantitative estimate of drug-likeness (QED) is 0.130. The number of hydrogen-bond donors (Lipinski definition) is 4. The van der Waals surface area contributed by atoms with Crippen LogP contribution in [0.4, 0.5) is 17.3 Å². The minimum Gasteiger partial charge on any atom is -0.354 e. The summed E-state index contributed by atoms with van der Waals surface area (Å²) in [5.41, 5.74) is -0.247. The molecule has 0 aliphatic carbocycles.